The van der Waals surface area contributed by atoms with E-state index in [0.29, 0.717) is 6.61 Å². The van der Waals surface area contributed by atoms with Gasteiger partial charge in [0.2, 0.25) is 0 Å². The van der Waals surface area contributed by atoms with E-state index in [4.69, 9.17) is 9.47 Å². The van der Waals surface area contributed by atoms with Crippen LogP contribution in [-0.2, 0) is 4.74 Å². The third-order valence-electron chi connectivity index (χ3n) is 3.32. The van der Waals surface area contributed by atoms with E-state index in [-0.39, 0.29) is 6.10 Å². The van der Waals surface area contributed by atoms with Crippen molar-refractivity contribution in [2.24, 2.45) is 0 Å². The molecule has 0 bridgehead atoms. The first-order valence-electron chi connectivity index (χ1n) is 6.39. The fourth-order valence-electron chi connectivity index (χ4n) is 2.29. The Morgan fingerprint density at radius 3 is 3.11 bits per heavy atom. The molecule has 1 aromatic carbocycles. The van der Waals surface area contributed by atoms with E-state index in [9.17, 15) is 0 Å². The number of hydrogen-bond donors (Lipinski definition) is 0. The molecule has 0 spiro atoms. The van der Waals surface area contributed by atoms with E-state index in [0.717, 1.165) is 46.3 Å². The summed E-state index contributed by atoms with van der Waals surface area (Å²) in [7, 11) is 0. The van der Waals surface area contributed by atoms with Gasteiger partial charge in [0.25, 0.3) is 0 Å². The molecule has 0 N–H and O–H groups in total. The van der Waals surface area contributed by atoms with E-state index < -0.39 is 0 Å². The minimum Gasteiger partial charge on any atom is -0.489 e. The summed E-state index contributed by atoms with van der Waals surface area (Å²) in [4.78, 5) is 8.55. The van der Waals surface area contributed by atoms with Gasteiger partial charge >= 0.3 is 0 Å². The highest BCUT2D eigenvalue weighted by Crippen LogP contribution is 2.30. The Bertz CT molecular complexity index is 597. The van der Waals surface area contributed by atoms with Crippen LogP contribution >= 0.6 is 15.9 Å². The van der Waals surface area contributed by atoms with Gasteiger partial charge in [0.05, 0.1) is 6.10 Å². The fraction of sp³-hybridized carbons (Fsp3) is 0.429. The third-order valence-corrected chi connectivity index (χ3v) is 3.77. The van der Waals surface area contributed by atoms with Gasteiger partial charge in [-0.15, -0.1) is 0 Å². The molecule has 1 unspecified atom stereocenters. The van der Waals surface area contributed by atoms with E-state index >= 15 is 0 Å². The second-order valence-corrected chi connectivity index (χ2v) is 5.62. The summed E-state index contributed by atoms with van der Waals surface area (Å²) in [5.74, 6) is 0.783. The Labute approximate surface area is 120 Å². The van der Waals surface area contributed by atoms with Gasteiger partial charge in [0.15, 0.2) is 0 Å². The molecule has 1 aliphatic rings. The van der Waals surface area contributed by atoms with E-state index in [1.54, 1.807) is 6.33 Å². The number of fused-ring (bicyclic) bond motifs is 1. The summed E-state index contributed by atoms with van der Waals surface area (Å²) in [6.07, 6.45) is 3.97. The lowest BCUT2D eigenvalue weighted by Gasteiger charge is -2.13. The minimum absolute atomic E-state index is 0.206. The monoisotopic (exact) mass is 322 g/mol. The molecule has 0 radical (unpaired) electrons. The molecule has 1 saturated heterocycles. The SMILES string of the molecule is Cc1ncnc2c(OCC3CCCO3)cc(Br)cc12. The zero-order valence-electron chi connectivity index (χ0n) is 10.7. The van der Waals surface area contributed by atoms with Crippen molar-refractivity contribution in [1.29, 1.82) is 0 Å². The average Bonchev–Trinajstić information content (AvgIpc) is 2.90. The van der Waals surface area contributed by atoms with Crippen molar-refractivity contribution in [3.8, 4) is 5.75 Å². The summed E-state index contributed by atoms with van der Waals surface area (Å²) in [6, 6.07) is 3.97. The fourth-order valence-corrected chi connectivity index (χ4v) is 2.73. The molecule has 1 aliphatic heterocycles. The molecular weight excluding hydrogens is 308 g/mol. The molecule has 1 atom stereocenters. The van der Waals surface area contributed by atoms with Crippen molar-refractivity contribution < 1.29 is 9.47 Å². The lowest BCUT2D eigenvalue weighted by molar-refractivity contribution is 0.0684. The standard InChI is InChI=1S/C14H15BrN2O2/c1-9-12-5-10(15)6-13(14(12)17-8-16-9)19-7-11-3-2-4-18-11/h5-6,8,11H,2-4,7H2,1H3. The number of nitrogens with zero attached hydrogens (tertiary/aromatic N) is 2. The highest BCUT2D eigenvalue weighted by molar-refractivity contribution is 9.10. The Morgan fingerprint density at radius 2 is 2.32 bits per heavy atom. The quantitative estimate of drug-likeness (QED) is 0.870. The molecule has 0 saturated carbocycles. The Balaban J connectivity index is 1.91. The van der Waals surface area contributed by atoms with Gasteiger partial charge in [0, 0.05) is 22.2 Å². The van der Waals surface area contributed by atoms with Crippen LogP contribution in [0.25, 0.3) is 10.9 Å². The van der Waals surface area contributed by atoms with Crippen LogP contribution < -0.4 is 4.74 Å². The van der Waals surface area contributed by atoms with Gasteiger partial charge in [-0.2, -0.15) is 0 Å². The maximum atomic E-state index is 5.89. The lowest BCUT2D eigenvalue weighted by atomic mass is 10.2. The zero-order chi connectivity index (χ0) is 13.2. The van der Waals surface area contributed by atoms with E-state index in [1.807, 2.05) is 19.1 Å². The molecule has 2 heterocycles. The Hall–Kier alpha value is -1.20. The normalized spacial score (nSPS) is 18.9. The van der Waals surface area contributed by atoms with Gasteiger partial charge in [-0.25, -0.2) is 9.97 Å². The number of halogens is 1. The van der Waals surface area contributed by atoms with Crippen molar-refractivity contribution in [3.05, 3.63) is 28.6 Å². The average molecular weight is 323 g/mol. The number of hydrogen-bond acceptors (Lipinski definition) is 4. The Kier molecular flexibility index (Phi) is 3.66. The van der Waals surface area contributed by atoms with Crippen LogP contribution in [0.4, 0.5) is 0 Å². The predicted molar refractivity (Wildman–Crippen MR) is 76.4 cm³/mol. The van der Waals surface area contributed by atoms with Crippen LogP contribution in [0.2, 0.25) is 0 Å². The molecule has 5 heteroatoms. The number of ether oxygens (including phenoxy) is 2. The maximum Gasteiger partial charge on any atom is 0.146 e. The van der Waals surface area contributed by atoms with Crippen LogP contribution in [-0.4, -0.2) is 29.3 Å². The molecule has 0 aliphatic carbocycles. The number of aryl methyl sites for hydroxylation is 1. The topological polar surface area (TPSA) is 44.2 Å². The summed E-state index contributed by atoms with van der Waals surface area (Å²) >= 11 is 3.50. The summed E-state index contributed by atoms with van der Waals surface area (Å²) in [6.45, 7) is 3.39. The molecule has 1 fully saturated rings. The highest BCUT2D eigenvalue weighted by atomic mass is 79.9. The van der Waals surface area contributed by atoms with Gasteiger partial charge in [-0.1, -0.05) is 15.9 Å². The van der Waals surface area contributed by atoms with Crippen LogP contribution in [0.3, 0.4) is 0 Å². The molecule has 3 rings (SSSR count). The molecule has 0 amide bonds. The van der Waals surface area contributed by atoms with Gasteiger partial charge in [-0.05, 0) is 31.9 Å². The van der Waals surface area contributed by atoms with Crippen LogP contribution in [0, 0.1) is 6.92 Å². The minimum atomic E-state index is 0.206. The molecular formula is C14H15BrN2O2. The zero-order valence-corrected chi connectivity index (χ0v) is 12.3. The van der Waals surface area contributed by atoms with E-state index in [1.165, 1.54) is 0 Å². The smallest absolute Gasteiger partial charge is 0.146 e. The largest absolute Gasteiger partial charge is 0.489 e. The lowest BCUT2D eigenvalue weighted by Crippen LogP contribution is -2.16. The highest BCUT2D eigenvalue weighted by Gasteiger charge is 2.17. The third kappa shape index (κ3) is 2.72. The first kappa shape index (κ1) is 12.8. The molecule has 100 valence electrons. The molecule has 4 nitrogen and oxygen atoms in total. The number of rotatable bonds is 3. The summed E-state index contributed by atoms with van der Waals surface area (Å²) in [5.41, 5.74) is 1.81. The first-order valence-corrected chi connectivity index (χ1v) is 7.18. The van der Waals surface area contributed by atoms with Gasteiger partial charge < -0.3 is 9.47 Å². The van der Waals surface area contributed by atoms with Gasteiger partial charge in [0.1, 0.15) is 24.2 Å². The van der Waals surface area contributed by atoms with Crippen LogP contribution in [0.5, 0.6) is 5.75 Å². The Morgan fingerprint density at radius 1 is 1.42 bits per heavy atom. The summed E-state index contributed by atoms with van der Waals surface area (Å²) < 4.78 is 12.4. The van der Waals surface area contributed by atoms with Crippen molar-refractivity contribution in [2.75, 3.05) is 13.2 Å². The van der Waals surface area contributed by atoms with Crippen LogP contribution in [0.15, 0.2) is 22.9 Å². The second kappa shape index (κ2) is 5.43. The van der Waals surface area contributed by atoms with Crippen molar-refractivity contribution >= 4 is 26.8 Å². The second-order valence-electron chi connectivity index (χ2n) is 4.71. The molecule has 1 aromatic heterocycles. The number of benzene rings is 1. The number of aromatic nitrogens is 2. The summed E-state index contributed by atoms with van der Waals surface area (Å²) in [5, 5.41) is 1.01. The van der Waals surface area contributed by atoms with Crippen LogP contribution in [0.1, 0.15) is 18.5 Å². The molecule has 2 aromatic rings. The predicted octanol–water partition coefficient (Wildman–Crippen LogP) is 3.26. The van der Waals surface area contributed by atoms with Gasteiger partial charge in [-0.3, -0.25) is 0 Å². The van der Waals surface area contributed by atoms with Crippen molar-refractivity contribution in [3.63, 3.8) is 0 Å². The van der Waals surface area contributed by atoms with Crippen molar-refractivity contribution in [2.45, 2.75) is 25.9 Å². The van der Waals surface area contributed by atoms with E-state index in [2.05, 4.69) is 25.9 Å². The maximum absolute atomic E-state index is 5.89. The molecule has 19 heavy (non-hydrogen) atoms. The van der Waals surface area contributed by atoms with Crippen molar-refractivity contribution in [1.82, 2.24) is 9.97 Å². The first-order chi connectivity index (χ1) is 9.24.